The maximum absolute atomic E-state index is 14.6. The van der Waals surface area contributed by atoms with Crippen LogP contribution in [0, 0.1) is 5.82 Å². The van der Waals surface area contributed by atoms with Gasteiger partial charge >= 0.3 is 0 Å². The van der Waals surface area contributed by atoms with Crippen molar-refractivity contribution in [3.05, 3.63) is 101 Å². The van der Waals surface area contributed by atoms with Crippen LogP contribution in [-0.2, 0) is 32.6 Å². The van der Waals surface area contributed by atoms with E-state index in [2.05, 4.69) is 5.32 Å². The Hall–Kier alpha value is -3.43. The average molecular weight is 560 g/mol. The van der Waals surface area contributed by atoms with Gasteiger partial charge in [0.05, 0.1) is 11.9 Å². The van der Waals surface area contributed by atoms with Crippen molar-refractivity contribution < 1.29 is 22.4 Å². The molecule has 38 heavy (non-hydrogen) atoms. The quantitative estimate of drug-likeness (QED) is 0.356. The summed E-state index contributed by atoms with van der Waals surface area (Å²) in [6.07, 6.45) is 1.78. The number of nitrogens with one attached hydrogen (secondary N) is 1. The van der Waals surface area contributed by atoms with Gasteiger partial charge in [0, 0.05) is 24.5 Å². The number of hydrogen-bond acceptors (Lipinski definition) is 4. The fraction of sp³-hybridized carbons (Fsp3) is 0.286. The number of nitrogens with zero attached hydrogens (tertiary/aromatic N) is 2. The molecule has 3 aromatic carbocycles. The Morgan fingerprint density at radius 2 is 1.61 bits per heavy atom. The summed E-state index contributed by atoms with van der Waals surface area (Å²) in [5.41, 5.74) is 1.15. The van der Waals surface area contributed by atoms with Crippen LogP contribution in [0.3, 0.4) is 0 Å². The Morgan fingerprint density at radius 1 is 0.974 bits per heavy atom. The van der Waals surface area contributed by atoms with E-state index >= 15 is 0 Å². The van der Waals surface area contributed by atoms with Crippen LogP contribution in [0.5, 0.6) is 0 Å². The van der Waals surface area contributed by atoms with Gasteiger partial charge < -0.3 is 10.2 Å². The number of benzene rings is 3. The van der Waals surface area contributed by atoms with E-state index in [-0.39, 0.29) is 24.6 Å². The molecular weight excluding hydrogens is 529 g/mol. The molecule has 0 aliphatic carbocycles. The number of hydrogen-bond donors (Lipinski definition) is 1. The number of amides is 2. The summed E-state index contributed by atoms with van der Waals surface area (Å²) in [6, 6.07) is 20.5. The van der Waals surface area contributed by atoms with E-state index in [0.717, 1.165) is 17.9 Å². The van der Waals surface area contributed by atoms with Gasteiger partial charge in [-0.3, -0.25) is 13.9 Å². The second kappa shape index (κ2) is 13.4. The largest absolute Gasteiger partial charge is 0.354 e. The lowest BCUT2D eigenvalue weighted by Crippen LogP contribution is -2.53. The van der Waals surface area contributed by atoms with Crippen molar-refractivity contribution in [2.75, 3.05) is 23.7 Å². The fourth-order valence-corrected chi connectivity index (χ4v) is 5.02. The summed E-state index contributed by atoms with van der Waals surface area (Å²) in [4.78, 5) is 28.6. The highest BCUT2D eigenvalue weighted by atomic mass is 35.5. The molecule has 3 rings (SSSR count). The van der Waals surface area contributed by atoms with Crippen LogP contribution in [0.4, 0.5) is 10.1 Å². The molecule has 0 bridgehead atoms. The summed E-state index contributed by atoms with van der Waals surface area (Å²) in [6.45, 7) is 1.57. The van der Waals surface area contributed by atoms with E-state index in [9.17, 15) is 22.4 Å². The highest BCUT2D eigenvalue weighted by Crippen LogP contribution is 2.24. The Labute approximate surface area is 228 Å². The molecule has 0 radical (unpaired) electrons. The molecule has 10 heteroatoms. The first-order valence-electron chi connectivity index (χ1n) is 12.2. The van der Waals surface area contributed by atoms with Crippen LogP contribution < -0.4 is 9.62 Å². The van der Waals surface area contributed by atoms with Crippen LogP contribution in [0.2, 0.25) is 5.02 Å². The van der Waals surface area contributed by atoms with Gasteiger partial charge in [-0.15, -0.1) is 0 Å². The smallest absolute Gasteiger partial charge is 0.244 e. The molecule has 1 atom stereocenters. The zero-order chi connectivity index (χ0) is 27.7. The molecule has 0 aliphatic heterocycles. The Kier molecular flexibility index (Phi) is 10.3. The second-order valence-corrected chi connectivity index (χ2v) is 11.1. The van der Waals surface area contributed by atoms with E-state index in [1.54, 1.807) is 24.3 Å². The summed E-state index contributed by atoms with van der Waals surface area (Å²) in [7, 11) is -4.05. The molecule has 0 saturated carbocycles. The van der Waals surface area contributed by atoms with Gasteiger partial charge in [0.25, 0.3) is 0 Å². The predicted molar refractivity (Wildman–Crippen MR) is 148 cm³/mol. The zero-order valence-corrected chi connectivity index (χ0v) is 22.9. The van der Waals surface area contributed by atoms with Gasteiger partial charge in [-0.1, -0.05) is 79.2 Å². The number of anilines is 1. The van der Waals surface area contributed by atoms with Gasteiger partial charge in [0.15, 0.2) is 0 Å². The molecule has 0 aliphatic rings. The van der Waals surface area contributed by atoms with E-state index in [1.807, 2.05) is 37.3 Å². The third-order valence-corrected chi connectivity index (χ3v) is 7.41. The number of halogens is 2. The van der Waals surface area contributed by atoms with Crippen molar-refractivity contribution in [2.24, 2.45) is 0 Å². The Balaban J connectivity index is 2.06. The van der Waals surface area contributed by atoms with E-state index in [4.69, 9.17) is 11.6 Å². The third kappa shape index (κ3) is 7.79. The monoisotopic (exact) mass is 559 g/mol. The number of sulfonamides is 1. The van der Waals surface area contributed by atoms with Crippen molar-refractivity contribution in [3.8, 4) is 0 Å². The highest BCUT2D eigenvalue weighted by Gasteiger charge is 2.33. The maximum Gasteiger partial charge on any atom is 0.244 e. The molecule has 2 amide bonds. The SMILES string of the molecule is CCCNC(=O)[C@@H](Cc1ccccc1)N(Cc1ccccc1Cl)C(=O)CN(c1ccccc1F)S(C)(=O)=O. The van der Waals surface area contributed by atoms with Crippen LogP contribution >= 0.6 is 11.6 Å². The first-order chi connectivity index (χ1) is 18.1. The fourth-order valence-electron chi connectivity index (χ4n) is 3.98. The Bertz CT molecular complexity index is 1350. The molecule has 0 spiro atoms. The lowest BCUT2D eigenvalue weighted by Gasteiger charge is -2.33. The molecule has 7 nitrogen and oxygen atoms in total. The van der Waals surface area contributed by atoms with Gasteiger partial charge in [0.2, 0.25) is 21.8 Å². The molecule has 0 fully saturated rings. The summed E-state index contributed by atoms with van der Waals surface area (Å²) >= 11 is 6.40. The van der Waals surface area contributed by atoms with Crippen LogP contribution in [0.1, 0.15) is 24.5 Å². The molecule has 0 heterocycles. The van der Waals surface area contributed by atoms with Gasteiger partial charge in [-0.25, -0.2) is 12.8 Å². The summed E-state index contributed by atoms with van der Waals surface area (Å²) in [5, 5.41) is 3.25. The van der Waals surface area contributed by atoms with Crippen LogP contribution in [0.25, 0.3) is 0 Å². The minimum absolute atomic E-state index is 0.0512. The first kappa shape index (κ1) is 29.1. The third-order valence-electron chi connectivity index (χ3n) is 5.92. The summed E-state index contributed by atoms with van der Waals surface area (Å²) in [5.74, 6) is -1.84. The molecule has 0 saturated heterocycles. The highest BCUT2D eigenvalue weighted by molar-refractivity contribution is 7.92. The lowest BCUT2D eigenvalue weighted by molar-refractivity contribution is -0.140. The molecule has 0 aromatic heterocycles. The summed E-state index contributed by atoms with van der Waals surface area (Å²) < 4.78 is 40.7. The van der Waals surface area contributed by atoms with Crippen LogP contribution in [-0.4, -0.2) is 50.5 Å². The molecule has 202 valence electrons. The van der Waals surface area contributed by atoms with E-state index in [1.165, 1.54) is 23.1 Å². The van der Waals surface area contributed by atoms with Crippen molar-refractivity contribution in [1.82, 2.24) is 10.2 Å². The molecular formula is C28H31ClFN3O4S. The first-order valence-corrected chi connectivity index (χ1v) is 14.4. The number of para-hydroxylation sites is 1. The number of carbonyl (C=O) groups excluding carboxylic acids is 2. The standard InChI is InChI=1S/C28H31ClFN3O4S/c1-3-17-31-28(35)26(18-21-11-5-4-6-12-21)32(19-22-13-7-8-14-23(22)29)27(34)20-33(38(2,36)37)25-16-10-9-15-24(25)30/h4-16,26H,3,17-20H2,1-2H3,(H,31,35)/t26-/m1/s1. The maximum atomic E-state index is 14.6. The van der Waals surface area contributed by atoms with E-state index < -0.39 is 34.3 Å². The van der Waals surface area contributed by atoms with Crippen molar-refractivity contribution in [1.29, 1.82) is 0 Å². The topological polar surface area (TPSA) is 86.8 Å². The average Bonchev–Trinajstić information content (AvgIpc) is 2.89. The second-order valence-electron chi connectivity index (χ2n) is 8.83. The van der Waals surface area contributed by atoms with Gasteiger partial charge in [-0.2, -0.15) is 0 Å². The van der Waals surface area contributed by atoms with Gasteiger partial charge in [-0.05, 0) is 35.7 Å². The number of rotatable bonds is 12. The minimum Gasteiger partial charge on any atom is -0.354 e. The predicted octanol–water partition coefficient (Wildman–Crippen LogP) is 4.41. The Morgan fingerprint density at radius 3 is 2.24 bits per heavy atom. The number of carbonyl (C=O) groups is 2. The van der Waals surface area contributed by atoms with Crippen LogP contribution in [0.15, 0.2) is 78.9 Å². The molecule has 3 aromatic rings. The van der Waals surface area contributed by atoms with Crippen molar-refractivity contribution >= 4 is 39.1 Å². The van der Waals surface area contributed by atoms with Gasteiger partial charge in [0.1, 0.15) is 18.4 Å². The lowest BCUT2D eigenvalue weighted by atomic mass is 10.0. The van der Waals surface area contributed by atoms with Crippen molar-refractivity contribution in [3.63, 3.8) is 0 Å². The molecule has 1 N–H and O–H groups in total. The minimum atomic E-state index is -4.05. The van der Waals surface area contributed by atoms with Crippen molar-refractivity contribution in [2.45, 2.75) is 32.4 Å². The zero-order valence-electron chi connectivity index (χ0n) is 21.3. The molecule has 0 unspecified atom stereocenters. The normalized spacial score (nSPS) is 12.0. The van der Waals surface area contributed by atoms with E-state index in [0.29, 0.717) is 27.9 Å².